The van der Waals surface area contributed by atoms with Gasteiger partial charge in [0.25, 0.3) is 5.56 Å². The lowest BCUT2D eigenvalue weighted by atomic mass is 10.2. The minimum absolute atomic E-state index is 0.0861. The first-order valence-electron chi connectivity index (χ1n) is 11.1. The molecule has 0 aliphatic heterocycles. The Bertz CT molecular complexity index is 1300. The number of ether oxygens (including phenoxy) is 1. The highest BCUT2D eigenvalue weighted by molar-refractivity contribution is 8.00. The third kappa shape index (κ3) is 5.75. The summed E-state index contributed by atoms with van der Waals surface area (Å²) in [6.07, 6.45) is 0.750. The number of hydrogen-bond donors (Lipinski definition) is 1. The minimum Gasteiger partial charge on any atom is -0.385 e. The SMILES string of the molecule is COCCCNC(=O)C(C)Sc1nc2cc(-c3ccccc3)sc2c(=O)n1Cc1ccccc1. The number of carbonyl (C=O) groups is 1. The van der Waals surface area contributed by atoms with E-state index in [2.05, 4.69) is 5.32 Å². The summed E-state index contributed by atoms with van der Waals surface area (Å²) in [7, 11) is 1.64. The van der Waals surface area contributed by atoms with Crippen LogP contribution in [0.3, 0.4) is 0 Å². The van der Waals surface area contributed by atoms with Gasteiger partial charge >= 0.3 is 0 Å². The Morgan fingerprint density at radius 1 is 1.15 bits per heavy atom. The number of nitrogens with zero attached hydrogens (tertiary/aromatic N) is 2. The third-order valence-electron chi connectivity index (χ3n) is 5.32. The molecule has 0 saturated heterocycles. The van der Waals surface area contributed by atoms with Gasteiger partial charge in [0, 0.05) is 25.1 Å². The number of rotatable bonds is 10. The van der Waals surface area contributed by atoms with Gasteiger partial charge in [-0.15, -0.1) is 11.3 Å². The quantitative estimate of drug-likeness (QED) is 0.195. The maximum absolute atomic E-state index is 13.6. The lowest BCUT2D eigenvalue weighted by molar-refractivity contribution is -0.120. The molecular formula is C26H27N3O3S2. The summed E-state index contributed by atoms with van der Waals surface area (Å²) in [6, 6.07) is 21.8. The van der Waals surface area contributed by atoms with Crippen molar-refractivity contribution in [2.75, 3.05) is 20.3 Å². The lowest BCUT2D eigenvalue weighted by Crippen LogP contribution is -2.33. The maximum atomic E-state index is 13.6. The van der Waals surface area contributed by atoms with Crippen LogP contribution in [-0.4, -0.2) is 41.0 Å². The van der Waals surface area contributed by atoms with Crippen LogP contribution in [0.15, 0.2) is 76.7 Å². The largest absolute Gasteiger partial charge is 0.385 e. The number of amides is 1. The number of carbonyl (C=O) groups excluding carboxylic acids is 1. The van der Waals surface area contributed by atoms with Crippen LogP contribution in [0.4, 0.5) is 0 Å². The smallest absolute Gasteiger partial charge is 0.272 e. The van der Waals surface area contributed by atoms with Crippen LogP contribution >= 0.6 is 23.1 Å². The van der Waals surface area contributed by atoms with Crippen LogP contribution in [0.2, 0.25) is 0 Å². The van der Waals surface area contributed by atoms with E-state index in [0.717, 1.165) is 22.4 Å². The third-order valence-corrected chi connectivity index (χ3v) is 7.57. The van der Waals surface area contributed by atoms with Gasteiger partial charge in [-0.3, -0.25) is 14.2 Å². The molecule has 8 heteroatoms. The monoisotopic (exact) mass is 493 g/mol. The van der Waals surface area contributed by atoms with Crippen molar-refractivity contribution in [3.63, 3.8) is 0 Å². The summed E-state index contributed by atoms with van der Waals surface area (Å²) in [4.78, 5) is 32.1. The molecule has 1 unspecified atom stereocenters. The Morgan fingerprint density at radius 3 is 2.56 bits per heavy atom. The predicted octanol–water partition coefficient (Wildman–Crippen LogP) is 4.81. The molecule has 2 aromatic heterocycles. The van der Waals surface area contributed by atoms with Crippen LogP contribution in [0, 0.1) is 0 Å². The number of thioether (sulfide) groups is 1. The highest BCUT2D eigenvalue weighted by atomic mass is 32.2. The zero-order valence-electron chi connectivity index (χ0n) is 19.2. The topological polar surface area (TPSA) is 73.2 Å². The molecule has 0 spiro atoms. The van der Waals surface area contributed by atoms with Crippen molar-refractivity contribution in [2.24, 2.45) is 0 Å². The molecule has 0 fully saturated rings. The van der Waals surface area contributed by atoms with Crippen molar-refractivity contribution in [1.29, 1.82) is 0 Å². The molecule has 2 heterocycles. The van der Waals surface area contributed by atoms with Gasteiger partial charge in [-0.2, -0.15) is 0 Å². The summed E-state index contributed by atoms with van der Waals surface area (Å²) in [5.74, 6) is -0.0861. The van der Waals surface area contributed by atoms with E-state index in [1.807, 2.05) is 73.7 Å². The first-order chi connectivity index (χ1) is 16.6. The average molecular weight is 494 g/mol. The van der Waals surface area contributed by atoms with Gasteiger partial charge in [-0.1, -0.05) is 72.4 Å². The molecule has 176 valence electrons. The van der Waals surface area contributed by atoms with Gasteiger partial charge in [0.05, 0.1) is 17.3 Å². The summed E-state index contributed by atoms with van der Waals surface area (Å²) in [5, 5.41) is 3.07. The summed E-state index contributed by atoms with van der Waals surface area (Å²) < 4.78 is 7.34. The Kier molecular flexibility index (Phi) is 8.16. The highest BCUT2D eigenvalue weighted by Gasteiger charge is 2.21. The van der Waals surface area contributed by atoms with E-state index in [9.17, 15) is 9.59 Å². The molecule has 0 aliphatic rings. The van der Waals surface area contributed by atoms with Gasteiger partial charge in [0.15, 0.2) is 5.16 Å². The van der Waals surface area contributed by atoms with Gasteiger partial charge < -0.3 is 10.1 Å². The first kappa shape index (κ1) is 24.2. The molecule has 0 radical (unpaired) electrons. The van der Waals surface area contributed by atoms with Gasteiger partial charge in [0.2, 0.25) is 5.91 Å². The average Bonchev–Trinajstić information content (AvgIpc) is 3.29. The highest BCUT2D eigenvalue weighted by Crippen LogP contribution is 2.32. The molecule has 0 bridgehead atoms. The number of benzene rings is 2. The van der Waals surface area contributed by atoms with Crippen molar-refractivity contribution in [3.8, 4) is 10.4 Å². The molecule has 6 nitrogen and oxygen atoms in total. The summed E-state index contributed by atoms with van der Waals surface area (Å²) in [5.41, 5.74) is 2.63. The molecule has 4 rings (SSSR count). The molecule has 2 aromatic carbocycles. The number of methoxy groups -OCH3 is 1. The lowest BCUT2D eigenvalue weighted by Gasteiger charge is -2.16. The number of fused-ring (bicyclic) bond motifs is 1. The summed E-state index contributed by atoms with van der Waals surface area (Å²) >= 11 is 2.76. The van der Waals surface area contributed by atoms with Crippen LogP contribution < -0.4 is 10.9 Å². The summed E-state index contributed by atoms with van der Waals surface area (Å²) in [6.45, 7) is 3.37. The number of thiophene rings is 1. The second kappa shape index (κ2) is 11.5. The van der Waals surface area contributed by atoms with E-state index in [-0.39, 0.29) is 11.5 Å². The standard InChI is InChI=1S/C26H27N3O3S2/c1-18(24(30)27-14-9-15-32-2)33-26-28-21-16-22(20-12-7-4-8-13-20)34-23(21)25(31)29(26)17-19-10-5-3-6-11-19/h3-8,10-13,16,18H,9,14-15,17H2,1-2H3,(H,27,30). The molecule has 1 N–H and O–H groups in total. The zero-order chi connectivity index (χ0) is 23.9. The molecule has 0 aliphatic carbocycles. The Morgan fingerprint density at radius 2 is 1.85 bits per heavy atom. The van der Waals surface area contributed by atoms with Crippen molar-refractivity contribution in [2.45, 2.75) is 30.3 Å². The van der Waals surface area contributed by atoms with Crippen molar-refractivity contribution in [3.05, 3.63) is 82.6 Å². The van der Waals surface area contributed by atoms with E-state index < -0.39 is 5.25 Å². The second-order valence-corrected chi connectivity index (χ2v) is 10.2. The second-order valence-electron chi connectivity index (χ2n) is 7.86. The molecule has 1 atom stereocenters. The fourth-order valence-electron chi connectivity index (χ4n) is 3.51. The van der Waals surface area contributed by atoms with Crippen molar-refractivity contribution in [1.82, 2.24) is 14.9 Å². The van der Waals surface area contributed by atoms with E-state index in [4.69, 9.17) is 9.72 Å². The fraction of sp³-hybridized carbons (Fsp3) is 0.269. The maximum Gasteiger partial charge on any atom is 0.272 e. The van der Waals surface area contributed by atoms with Crippen LogP contribution in [0.5, 0.6) is 0 Å². The molecule has 1 amide bonds. The van der Waals surface area contributed by atoms with Crippen LogP contribution in [-0.2, 0) is 16.1 Å². The Balaban J connectivity index is 1.68. The molecule has 0 saturated carbocycles. The number of aromatic nitrogens is 2. The van der Waals surface area contributed by atoms with Gasteiger partial charge in [-0.25, -0.2) is 4.98 Å². The zero-order valence-corrected chi connectivity index (χ0v) is 20.8. The van der Waals surface area contributed by atoms with E-state index in [0.29, 0.717) is 35.1 Å². The van der Waals surface area contributed by atoms with Crippen LogP contribution in [0.25, 0.3) is 20.7 Å². The van der Waals surface area contributed by atoms with E-state index >= 15 is 0 Å². The first-order valence-corrected chi connectivity index (χ1v) is 12.8. The number of hydrogen-bond acceptors (Lipinski definition) is 6. The molecule has 4 aromatic rings. The van der Waals surface area contributed by atoms with Gasteiger partial charge in [0.1, 0.15) is 4.70 Å². The minimum atomic E-state index is -0.402. The van der Waals surface area contributed by atoms with Gasteiger partial charge in [-0.05, 0) is 30.5 Å². The fourth-order valence-corrected chi connectivity index (χ4v) is 5.50. The molecule has 34 heavy (non-hydrogen) atoms. The predicted molar refractivity (Wildman–Crippen MR) is 140 cm³/mol. The Hall–Kier alpha value is -2.94. The van der Waals surface area contributed by atoms with Crippen LogP contribution in [0.1, 0.15) is 18.9 Å². The number of nitrogens with one attached hydrogen (secondary N) is 1. The van der Waals surface area contributed by atoms with E-state index in [1.54, 1.807) is 11.7 Å². The van der Waals surface area contributed by atoms with Crippen molar-refractivity contribution >= 4 is 39.2 Å². The van der Waals surface area contributed by atoms with Crippen molar-refractivity contribution < 1.29 is 9.53 Å². The normalized spacial score (nSPS) is 12.1. The van der Waals surface area contributed by atoms with E-state index in [1.165, 1.54) is 23.1 Å². The Labute approximate surface area is 207 Å². The molecular weight excluding hydrogens is 466 g/mol.